The molecular formula is C23H26F3N3O4. The van der Waals surface area contributed by atoms with Crippen molar-refractivity contribution in [3.63, 3.8) is 0 Å². The Morgan fingerprint density at radius 3 is 2.58 bits per heavy atom. The monoisotopic (exact) mass is 465 g/mol. The number of hydrogen-bond acceptors (Lipinski definition) is 6. The Morgan fingerprint density at radius 2 is 1.97 bits per heavy atom. The van der Waals surface area contributed by atoms with Gasteiger partial charge in [-0.1, -0.05) is 12.1 Å². The van der Waals surface area contributed by atoms with E-state index in [4.69, 9.17) is 9.47 Å². The van der Waals surface area contributed by atoms with Crippen LogP contribution in [0.5, 0.6) is 5.88 Å². The van der Waals surface area contributed by atoms with Gasteiger partial charge < -0.3 is 19.9 Å². The molecule has 1 aliphatic carbocycles. The van der Waals surface area contributed by atoms with E-state index in [0.717, 1.165) is 37.8 Å². The summed E-state index contributed by atoms with van der Waals surface area (Å²) in [7, 11) is 0. The lowest BCUT2D eigenvalue weighted by Crippen LogP contribution is -2.42. The van der Waals surface area contributed by atoms with Crippen molar-refractivity contribution in [2.45, 2.75) is 50.5 Å². The third-order valence-corrected chi connectivity index (χ3v) is 5.95. The molecule has 1 amide bonds. The van der Waals surface area contributed by atoms with E-state index >= 15 is 0 Å². The highest BCUT2D eigenvalue weighted by molar-refractivity contribution is 5.92. The van der Waals surface area contributed by atoms with Crippen molar-refractivity contribution in [2.24, 2.45) is 5.92 Å². The van der Waals surface area contributed by atoms with Crippen LogP contribution in [0.2, 0.25) is 0 Å². The molecule has 1 aromatic heterocycles. The summed E-state index contributed by atoms with van der Waals surface area (Å²) in [6.45, 7) is 2.60. The molecule has 2 fully saturated rings. The first-order chi connectivity index (χ1) is 15.6. The van der Waals surface area contributed by atoms with Crippen LogP contribution in [-0.2, 0) is 10.9 Å². The number of halogens is 3. The molecule has 0 bridgehead atoms. The van der Waals surface area contributed by atoms with Crippen molar-refractivity contribution in [3.8, 4) is 17.1 Å². The molecule has 2 atom stereocenters. The molecule has 1 saturated carbocycles. The molecule has 7 nitrogen and oxygen atoms in total. The molecule has 10 heteroatoms. The molecule has 178 valence electrons. The first-order valence-electron chi connectivity index (χ1n) is 10.9. The molecular weight excluding hydrogens is 439 g/mol. The molecule has 2 heterocycles. The Hall–Kier alpha value is -2.72. The number of carbonyl (C=O) groups is 1. The fraction of sp³-hybridized carbons (Fsp3) is 0.522. The van der Waals surface area contributed by atoms with E-state index in [1.165, 1.54) is 18.3 Å². The summed E-state index contributed by atoms with van der Waals surface area (Å²) in [4.78, 5) is 21.2. The summed E-state index contributed by atoms with van der Waals surface area (Å²) < 4.78 is 50.2. The predicted octanol–water partition coefficient (Wildman–Crippen LogP) is 3.61. The average Bonchev–Trinajstić information content (AvgIpc) is 3.53. The summed E-state index contributed by atoms with van der Waals surface area (Å²) >= 11 is 0. The number of nitrogens with zero attached hydrogens (tertiary/aromatic N) is 2. The van der Waals surface area contributed by atoms with E-state index in [1.54, 1.807) is 6.92 Å². The number of carbonyl (C=O) groups excluding carboxylic acids is 1. The standard InChI is InChI=1S/C23H26F3N3O4/c1-22(31,15-8-9-15)13-28-20(30)18-11-27-21(33-12-17-3-2-10-32-17)19(29-18)14-4-6-16(7-5-14)23(24,25)26/h4-7,11,15,17,31H,2-3,8-10,12-13H2,1H3,(H,28,30)/t17-,22-/m0/s1. The van der Waals surface area contributed by atoms with Gasteiger partial charge in [-0.05, 0) is 50.7 Å². The van der Waals surface area contributed by atoms with Gasteiger partial charge in [0.1, 0.15) is 18.0 Å². The van der Waals surface area contributed by atoms with E-state index < -0.39 is 23.2 Å². The van der Waals surface area contributed by atoms with E-state index in [1.807, 2.05) is 0 Å². The van der Waals surface area contributed by atoms with Gasteiger partial charge in [0.05, 0.1) is 23.5 Å². The van der Waals surface area contributed by atoms with Crippen molar-refractivity contribution >= 4 is 5.91 Å². The van der Waals surface area contributed by atoms with Crippen LogP contribution in [-0.4, -0.2) is 52.4 Å². The van der Waals surface area contributed by atoms with Gasteiger partial charge in [0.15, 0.2) is 0 Å². The Bertz CT molecular complexity index is 985. The van der Waals surface area contributed by atoms with Gasteiger partial charge in [0.2, 0.25) is 5.88 Å². The number of nitrogens with one attached hydrogen (secondary N) is 1. The van der Waals surface area contributed by atoms with Crippen LogP contribution in [0.15, 0.2) is 30.5 Å². The third-order valence-electron chi connectivity index (χ3n) is 5.95. The zero-order valence-corrected chi connectivity index (χ0v) is 18.2. The van der Waals surface area contributed by atoms with E-state index in [-0.39, 0.29) is 42.4 Å². The molecule has 2 aromatic rings. The Balaban J connectivity index is 1.56. The minimum atomic E-state index is -4.47. The highest BCUT2D eigenvalue weighted by atomic mass is 19.4. The van der Waals surface area contributed by atoms with Crippen LogP contribution >= 0.6 is 0 Å². The van der Waals surface area contributed by atoms with Crippen LogP contribution in [0.1, 0.15) is 48.7 Å². The van der Waals surface area contributed by atoms with Crippen LogP contribution < -0.4 is 10.1 Å². The second kappa shape index (κ2) is 9.26. The molecule has 1 aliphatic heterocycles. The molecule has 0 spiro atoms. The van der Waals surface area contributed by atoms with Gasteiger partial charge in [-0.2, -0.15) is 13.2 Å². The Morgan fingerprint density at radius 1 is 1.24 bits per heavy atom. The topological polar surface area (TPSA) is 93.6 Å². The number of alkyl halides is 3. The summed E-state index contributed by atoms with van der Waals surface area (Å²) in [5.74, 6) is -0.283. The average molecular weight is 465 g/mol. The highest BCUT2D eigenvalue weighted by Crippen LogP contribution is 2.39. The van der Waals surface area contributed by atoms with Crippen LogP contribution in [0.3, 0.4) is 0 Å². The fourth-order valence-corrected chi connectivity index (χ4v) is 3.75. The molecule has 4 rings (SSSR count). The summed E-state index contributed by atoms with van der Waals surface area (Å²) in [5.41, 5.74) is -1.34. The van der Waals surface area contributed by atoms with E-state index in [0.29, 0.717) is 12.2 Å². The molecule has 33 heavy (non-hydrogen) atoms. The van der Waals surface area contributed by atoms with Crippen molar-refractivity contribution in [1.82, 2.24) is 15.3 Å². The van der Waals surface area contributed by atoms with Crippen molar-refractivity contribution in [2.75, 3.05) is 19.8 Å². The molecule has 0 radical (unpaired) electrons. The first kappa shape index (κ1) is 23.4. The first-order valence-corrected chi connectivity index (χ1v) is 10.9. The van der Waals surface area contributed by atoms with Crippen molar-refractivity contribution in [1.29, 1.82) is 0 Å². The number of aliphatic hydroxyl groups is 1. The van der Waals surface area contributed by atoms with Crippen molar-refractivity contribution in [3.05, 3.63) is 41.7 Å². The number of hydrogen-bond donors (Lipinski definition) is 2. The quantitative estimate of drug-likeness (QED) is 0.619. The van der Waals surface area contributed by atoms with Crippen LogP contribution in [0.4, 0.5) is 13.2 Å². The highest BCUT2D eigenvalue weighted by Gasteiger charge is 2.40. The van der Waals surface area contributed by atoms with Crippen LogP contribution in [0, 0.1) is 5.92 Å². The van der Waals surface area contributed by atoms with Gasteiger partial charge in [0.25, 0.3) is 5.91 Å². The lowest BCUT2D eigenvalue weighted by Gasteiger charge is -2.23. The zero-order chi connectivity index (χ0) is 23.6. The van der Waals surface area contributed by atoms with Gasteiger partial charge in [0, 0.05) is 18.7 Å². The predicted molar refractivity (Wildman–Crippen MR) is 113 cm³/mol. The normalized spacial score (nSPS) is 20.3. The Labute approximate surface area is 189 Å². The van der Waals surface area contributed by atoms with Gasteiger partial charge in [-0.3, -0.25) is 4.79 Å². The Kier molecular flexibility index (Phi) is 6.58. The van der Waals surface area contributed by atoms with E-state index in [9.17, 15) is 23.1 Å². The summed E-state index contributed by atoms with van der Waals surface area (Å²) in [6.07, 6.45) is 0.276. The maximum absolute atomic E-state index is 13.0. The molecule has 2 aliphatic rings. The van der Waals surface area contributed by atoms with Crippen LogP contribution in [0.25, 0.3) is 11.3 Å². The summed E-state index contributed by atoms with van der Waals surface area (Å²) in [6, 6.07) is 4.43. The SMILES string of the molecule is C[C@](O)(CNC(=O)c1cnc(OC[C@@H]2CCCO2)c(-c2ccc(C(F)(F)F)cc2)n1)C1CC1. The molecule has 1 saturated heterocycles. The molecule has 1 aromatic carbocycles. The maximum Gasteiger partial charge on any atom is 0.416 e. The van der Waals surface area contributed by atoms with Gasteiger partial charge in [-0.25, -0.2) is 9.97 Å². The van der Waals surface area contributed by atoms with Crippen molar-refractivity contribution < 1.29 is 32.5 Å². The smallest absolute Gasteiger partial charge is 0.416 e. The largest absolute Gasteiger partial charge is 0.473 e. The number of aromatic nitrogens is 2. The summed E-state index contributed by atoms with van der Waals surface area (Å²) in [5, 5.41) is 13.1. The minimum absolute atomic E-state index is 0.0269. The second-order valence-electron chi connectivity index (χ2n) is 8.74. The van der Waals surface area contributed by atoms with Gasteiger partial charge in [-0.15, -0.1) is 0 Å². The number of ether oxygens (including phenoxy) is 2. The lowest BCUT2D eigenvalue weighted by atomic mass is 10.0. The minimum Gasteiger partial charge on any atom is -0.473 e. The lowest BCUT2D eigenvalue weighted by molar-refractivity contribution is -0.137. The number of rotatable bonds is 8. The van der Waals surface area contributed by atoms with E-state index in [2.05, 4.69) is 15.3 Å². The second-order valence-corrected chi connectivity index (χ2v) is 8.74. The zero-order valence-electron chi connectivity index (χ0n) is 18.2. The molecule has 0 unspecified atom stereocenters. The number of amides is 1. The maximum atomic E-state index is 13.0. The molecule has 2 N–H and O–H groups in total. The number of benzene rings is 1. The van der Waals surface area contributed by atoms with Gasteiger partial charge >= 0.3 is 6.18 Å². The fourth-order valence-electron chi connectivity index (χ4n) is 3.75. The third kappa shape index (κ3) is 5.80.